The van der Waals surface area contributed by atoms with Crippen molar-refractivity contribution in [1.29, 1.82) is 0 Å². The van der Waals surface area contributed by atoms with E-state index in [4.69, 9.17) is 32.7 Å². The van der Waals surface area contributed by atoms with Crippen molar-refractivity contribution in [1.82, 2.24) is 9.80 Å². The van der Waals surface area contributed by atoms with Gasteiger partial charge >= 0.3 is 0 Å². The molecule has 1 unspecified atom stereocenters. The molecule has 0 saturated carbocycles. The number of likely N-dealkylation sites (N-methyl/N-ethyl adjacent to an activating group) is 1. The van der Waals surface area contributed by atoms with Gasteiger partial charge in [0.1, 0.15) is 0 Å². The van der Waals surface area contributed by atoms with Crippen molar-refractivity contribution in [2.45, 2.75) is 25.0 Å². The Kier molecular flexibility index (Phi) is 9.17. The highest BCUT2D eigenvalue weighted by atomic mass is 35.5. The van der Waals surface area contributed by atoms with Crippen LogP contribution in [0.1, 0.15) is 23.6 Å². The molecule has 2 aromatic rings. The van der Waals surface area contributed by atoms with Crippen molar-refractivity contribution >= 4 is 29.1 Å². The Bertz CT molecular complexity index is 850. The minimum atomic E-state index is -0.0470. The molecule has 3 rings (SSSR count). The van der Waals surface area contributed by atoms with Crippen LogP contribution in [0.4, 0.5) is 0 Å². The molecular weight excluding hydrogens is 435 g/mol. The van der Waals surface area contributed by atoms with Crippen LogP contribution < -0.4 is 0 Å². The highest BCUT2D eigenvalue weighted by molar-refractivity contribution is 6.42. The number of hydrogen-bond acceptors (Lipinski definition) is 4. The summed E-state index contributed by atoms with van der Waals surface area (Å²) in [4.78, 5) is 17.3. The third-order valence-electron chi connectivity index (χ3n) is 5.69. The van der Waals surface area contributed by atoms with Crippen molar-refractivity contribution in [2.75, 3.05) is 47.0 Å². The fourth-order valence-corrected chi connectivity index (χ4v) is 4.21. The number of halogens is 2. The van der Waals surface area contributed by atoms with Gasteiger partial charge in [-0.05, 0) is 29.7 Å². The summed E-state index contributed by atoms with van der Waals surface area (Å²) in [7, 11) is 3.56. The number of rotatable bonds is 10. The van der Waals surface area contributed by atoms with Crippen LogP contribution >= 0.6 is 23.2 Å². The van der Waals surface area contributed by atoms with Gasteiger partial charge in [0, 0.05) is 33.8 Å². The van der Waals surface area contributed by atoms with E-state index in [1.54, 1.807) is 19.2 Å². The molecule has 168 valence electrons. The summed E-state index contributed by atoms with van der Waals surface area (Å²) in [6.07, 6.45) is 1.48. The van der Waals surface area contributed by atoms with Gasteiger partial charge in [0.2, 0.25) is 5.91 Å². The number of nitrogens with zero attached hydrogens (tertiary/aromatic N) is 2. The van der Waals surface area contributed by atoms with Gasteiger partial charge < -0.3 is 14.4 Å². The van der Waals surface area contributed by atoms with Crippen LogP contribution in [0.25, 0.3) is 0 Å². The number of likely N-dealkylation sites (tertiary alicyclic amines) is 1. The van der Waals surface area contributed by atoms with E-state index in [1.807, 2.05) is 36.2 Å². The third kappa shape index (κ3) is 6.93. The number of carbonyl (C=O) groups is 1. The van der Waals surface area contributed by atoms with E-state index in [9.17, 15) is 4.79 Å². The van der Waals surface area contributed by atoms with Crippen LogP contribution in [-0.2, 0) is 20.7 Å². The first kappa shape index (κ1) is 24.0. The van der Waals surface area contributed by atoms with Crippen LogP contribution in [0.3, 0.4) is 0 Å². The Morgan fingerprint density at radius 2 is 1.94 bits per heavy atom. The third-order valence-corrected chi connectivity index (χ3v) is 6.42. The molecule has 2 atom stereocenters. The Balaban J connectivity index is 1.67. The summed E-state index contributed by atoms with van der Waals surface area (Å²) in [5, 5.41) is 0.954. The molecule has 0 N–H and O–H groups in total. The SMILES string of the molecule is COCCOC1CCN(C[C@H](c2ccccc2)N(C)C(=O)Cc2ccc(Cl)c(Cl)c2)C1. The van der Waals surface area contributed by atoms with E-state index in [1.165, 1.54) is 0 Å². The molecule has 1 fully saturated rings. The Hall–Kier alpha value is -1.63. The first-order chi connectivity index (χ1) is 15.0. The van der Waals surface area contributed by atoms with Gasteiger partial charge in [-0.3, -0.25) is 9.69 Å². The van der Waals surface area contributed by atoms with Crippen molar-refractivity contribution in [2.24, 2.45) is 0 Å². The fraction of sp³-hybridized carbons (Fsp3) is 0.458. The zero-order chi connectivity index (χ0) is 22.2. The number of amides is 1. The maximum absolute atomic E-state index is 13.1. The largest absolute Gasteiger partial charge is 0.382 e. The molecule has 2 aromatic carbocycles. The van der Waals surface area contributed by atoms with E-state index >= 15 is 0 Å². The Morgan fingerprint density at radius 3 is 2.65 bits per heavy atom. The van der Waals surface area contributed by atoms with Crippen LogP contribution in [0.2, 0.25) is 10.0 Å². The van der Waals surface area contributed by atoms with Crippen LogP contribution in [-0.4, -0.2) is 68.8 Å². The van der Waals surface area contributed by atoms with Gasteiger partial charge in [-0.2, -0.15) is 0 Å². The molecule has 1 aliphatic heterocycles. The van der Waals surface area contributed by atoms with Gasteiger partial charge in [-0.1, -0.05) is 59.6 Å². The molecule has 31 heavy (non-hydrogen) atoms. The zero-order valence-electron chi connectivity index (χ0n) is 18.1. The number of benzene rings is 2. The van der Waals surface area contributed by atoms with Crippen molar-refractivity contribution in [3.63, 3.8) is 0 Å². The molecule has 0 aromatic heterocycles. The van der Waals surface area contributed by atoms with Crippen LogP contribution in [0.15, 0.2) is 48.5 Å². The fourth-order valence-electron chi connectivity index (χ4n) is 3.89. The molecule has 0 radical (unpaired) electrons. The minimum Gasteiger partial charge on any atom is -0.382 e. The summed E-state index contributed by atoms with van der Waals surface area (Å²) in [5.74, 6) is 0.0410. The molecule has 0 spiro atoms. The summed E-state index contributed by atoms with van der Waals surface area (Å²) in [5.41, 5.74) is 1.97. The lowest BCUT2D eigenvalue weighted by atomic mass is 10.0. The van der Waals surface area contributed by atoms with Gasteiger partial charge in [0.25, 0.3) is 0 Å². The monoisotopic (exact) mass is 464 g/mol. The predicted molar refractivity (Wildman–Crippen MR) is 125 cm³/mol. The van der Waals surface area contributed by atoms with E-state index in [-0.39, 0.29) is 24.5 Å². The first-order valence-corrected chi connectivity index (χ1v) is 11.3. The van der Waals surface area contributed by atoms with E-state index < -0.39 is 0 Å². The van der Waals surface area contributed by atoms with Gasteiger partial charge in [-0.25, -0.2) is 0 Å². The Morgan fingerprint density at radius 1 is 1.16 bits per heavy atom. The Labute approximate surface area is 194 Å². The average molecular weight is 465 g/mol. The summed E-state index contributed by atoms with van der Waals surface area (Å²) >= 11 is 12.1. The molecule has 0 bridgehead atoms. The highest BCUT2D eigenvalue weighted by Crippen LogP contribution is 2.26. The standard InChI is InChI=1S/C24H30Cl2N2O3/c1-27(24(29)15-18-8-9-21(25)22(26)14-18)23(19-6-4-3-5-7-19)17-28-11-10-20(16-28)31-13-12-30-2/h3-9,14,20,23H,10-13,15-17H2,1-2H3/t20?,23-/m1/s1. The molecule has 5 nitrogen and oxygen atoms in total. The number of methoxy groups -OCH3 is 1. The van der Waals surface area contributed by atoms with E-state index in [0.717, 1.165) is 37.2 Å². The molecular formula is C24H30Cl2N2O3. The van der Waals surface area contributed by atoms with E-state index in [0.29, 0.717) is 23.3 Å². The molecule has 1 amide bonds. The molecule has 1 heterocycles. The number of hydrogen-bond donors (Lipinski definition) is 0. The minimum absolute atomic E-state index is 0.0410. The number of carbonyl (C=O) groups excluding carboxylic acids is 1. The summed E-state index contributed by atoms with van der Waals surface area (Å²) in [6.45, 7) is 3.80. The lowest BCUT2D eigenvalue weighted by molar-refractivity contribution is -0.131. The summed E-state index contributed by atoms with van der Waals surface area (Å²) < 4.78 is 11.0. The van der Waals surface area contributed by atoms with Gasteiger partial charge in [0.15, 0.2) is 0 Å². The maximum atomic E-state index is 13.1. The highest BCUT2D eigenvalue weighted by Gasteiger charge is 2.29. The number of ether oxygens (including phenoxy) is 2. The van der Waals surface area contributed by atoms with Gasteiger partial charge in [-0.15, -0.1) is 0 Å². The molecule has 0 aliphatic carbocycles. The molecule has 1 saturated heterocycles. The van der Waals surface area contributed by atoms with Crippen molar-refractivity contribution < 1.29 is 14.3 Å². The second-order valence-electron chi connectivity index (χ2n) is 7.89. The smallest absolute Gasteiger partial charge is 0.227 e. The molecule has 1 aliphatic rings. The maximum Gasteiger partial charge on any atom is 0.227 e. The first-order valence-electron chi connectivity index (χ1n) is 10.6. The van der Waals surface area contributed by atoms with Gasteiger partial charge in [0.05, 0.1) is 41.8 Å². The predicted octanol–water partition coefficient (Wildman–Crippen LogP) is 4.47. The van der Waals surface area contributed by atoms with Crippen molar-refractivity contribution in [3.8, 4) is 0 Å². The topological polar surface area (TPSA) is 42.0 Å². The van der Waals surface area contributed by atoms with Crippen molar-refractivity contribution in [3.05, 3.63) is 69.7 Å². The second kappa shape index (κ2) is 11.8. The lowest BCUT2D eigenvalue weighted by Gasteiger charge is -2.32. The molecule has 7 heteroatoms. The van der Waals surface area contributed by atoms with Crippen LogP contribution in [0, 0.1) is 0 Å². The zero-order valence-corrected chi connectivity index (χ0v) is 19.6. The van der Waals surface area contributed by atoms with Crippen LogP contribution in [0.5, 0.6) is 0 Å². The lowest BCUT2D eigenvalue weighted by Crippen LogP contribution is -2.39. The quantitative estimate of drug-likeness (QED) is 0.486. The summed E-state index contributed by atoms with van der Waals surface area (Å²) in [6, 6.07) is 15.5. The second-order valence-corrected chi connectivity index (χ2v) is 8.70. The average Bonchev–Trinajstić information content (AvgIpc) is 3.22. The van der Waals surface area contributed by atoms with E-state index in [2.05, 4.69) is 17.0 Å². The normalized spacial score (nSPS) is 17.6.